The highest BCUT2D eigenvalue weighted by molar-refractivity contribution is 6.30. The standard InChI is InChI=1S/C13H19ClN2/c1-15-8-7-12-5-3-10-9-11(14)4-6-13(10)16(12)2/h4,6,9,12,15H,3,5,7-8H2,1-2H3. The molecule has 1 aliphatic rings. The summed E-state index contributed by atoms with van der Waals surface area (Å²) < 4.78 is 0. The zero-order valence-electron chi connectivity index (χ0n) is 9.96. The molecule has 0 saturated carbocycles. The zero-order valence-corrected chi connectivity index (χ0v) is 10.7. The lowest BCUT2D eigenvalue weighted by molar-refractivity contribution is 0.510. The second-order valence-electron chi connectivity index (χ2n) is 4.47. The van der Waals surface area contributed by atoms with Crippen LogP contribution in [0.4, 0.5) is 5.69 Å². The molecule has 0 aromatic heterocycles. The largest absolute Gasteiger partial charge is 0.371 e. The number of nitrogens with one attached hydrogen (secondary N) is 1. The van der Waals surface area contributed by atoms with E-state index >= 15 is 0 Å². The van der Waals surface area contributed by atoms with Crippen LogP contribution in [0.15, 0.2) is 18.2 Å². The predicted molar refractivity (Wildman–Crippen MR) is 70.5 cm³/mol. The lowest BCUT2D eigenvalue weighted by Gasteiger charge is -2.36. The molecule has 1 aromatic carbocycles. The second-order valence-corrected chi connectivity index (χ2v) is 4.91. The summed E-state index contributed by atoms with van der Waals surface area (Å²) in [5, 5.41) is 4.07. The van der Waals surface area contributed by atoms with E-state index in [4.69, 9.17) is 11.6 Å². The number of aryl methyl sites for hydroxylation is 1. The second kappa shape index (κ2) is 5.07. The summed E-state index contributed by atoms with van der Waals surface area (Å²) in [7, 11) is 4.20. The van der Waals surface area contributed by atoms with Crippen molar-refractivity contribution in [3.8, 4) is 0 Å². The van der Waals surface area contributed by atoms with Crippen LogP contribution < -0.4 is 10.2 Å². The Morgan fingerprint density at radius 2 is 2.31 bits per heavy atom. The van der Waals surface area contributed by atoms with Gasteiger partial charge in [0, 0.05) is 23.8 Å². The lowest BCUT2D eigenvalue weighted by Crippen LogP contribution is -2.37. The first-order chi connectivity index (χ1) is 7.72. The van der Waals surface area contributed by atoms with Crippen molar-refractivity contribution in [2.24, 2.45) is 0 Å². The van der Waals surface area contributed by atoms with Gasteiger partial charge in [0.1, 0.15) is 0 Å². The highest BCUT2D eigenvalue weighted by atomic mass is 35.5. The average molecular weight is 239 g/mol. The van der Waals surface area contributed by atoms with Gasteiger partial charge in [0.2, 0.25) is 0 Å². The van der Waals surface area contributed by atoms with E-state index in [1.165, 1.54) is 24.1 Å². The topological polar surface area (TPSA) is 15.3 Å². The van der Waals surface area contributed by atoms with E-state index in [0.29, 0.717) is 6.04 Å². The molecule has 1 aliphatic heterocycles. The Kier molecular flexibility index (Phi) is 3.72. The van der Waals surface area contributed by atoms with Crippen molar-refractivity contribution in [1.29, 1.82) is 0 Å². The summed E-state index contributed by atoms with van der Waals surface area (Å²) >= 11 is 6.02. The molecule has 3 heteroatoms. The molecule has 1 N–H and O–H groups in total. The summed E-state index contributed by atoms with van der Waals surface area (Å²) in [5.41, 5.74) is 2.73. The molecule has 0 amide bonds. The quantitative estimate of drug-likeness (QED) is 0.871. The van der Waals surface area contributed by atoms with Crippen LogP contribution in [-0.2, 0) is 6.42 Å². The third-order valence-corrected chi connectivity index (χ3v) is 3.68. The molecule has 88 valence electrons. The molecule has 0 spiro atoms. The number of nitrogens with zero attached hydrogens (tertiary/aromatic N) is 1. The Bertz CT molecular complexity index is 365. The Labute approximate surface area is 103 Å². The van der Waals surface area contributed by atoms with Gasteiger partial charge in [-0.15, -0.1) is 0 Å². The molecule has 0 radical (unpaired) electrons. The predicted octanol–water partition coefficient (Wildman–Crippen LogP) is 2.70. The van der Waals surface area contributed by atoms with Gasteiger partial charge in [-0.3, -0.25) is 0 Å². The van der Waals surface area contributed by atoms with Crippen molar-refractivity contribution in [3.63, 3.8) is 0 Å². The average Bonchev–Trinajstić information content (AvgIpc) is 2.28. The molecule has 0 bridgehead atoms. The van der Waals surface area contributed by atoms with Gasteiger partial charge in [-0.05, 0) is 56.6 Å². The molecule has 1 unspecified atom stereocenters. The normalized spacial score (nSPS) is 19.7. The van der Waals surface area contributed by atoms with E-state index in [1.807, 2.05) is 13.1 Å². The first-order valence-corrected chi connectivity index (χ1v) is 6.26. The minimum atomic E-state index is 0.654. The Morgan fingerprint density at radius 3 is 3.06 bits per heavy atom. The van der Waals surface area contributed by atoms with Gasteiger partial charge in [-0.2, -0.15) is 0 Å². The fourth-order valence-electron chi connectivity index (χ4n) is 2.46. The molecule has 1 atom stereocenters. The highest BCUT2D eigenvalue weighted by Gasteiger charge is 2.22. The van der Waals surface area contributed by atoms with Crippen LogP contribution in [0.1, 0.15) is 18.4 Å². The molecule has 1 heterocycles. The van der Waals surface area contributed by atoms with Gasteiger partial charge in [-0.25, -0.2) is 0 Å². The fourth-order valence-corrected chi connectivity index (χ4v) is 2.65. The van der Waals surface area contributed by atoms with Gasteiger partial charge in [-0.1, -0.05) is 11.6 Å². The zero-order chi connectivity index (χ0) is 11.5. The number of hydrogen-bond donors (Lipinski definition) is 1. The van der Waals surface area contributed by atoms with E-state index in [9.17, 15) is 0 Å². The monoisotopic (exact) mass is 238 g/mol. The molecule has 2 nitrogen and oxygen atoms in total. The van der Waals surface area contributed by atoms with Crippen LogP contribution in [0.3, 0.4) is 0 Å². The van der Waals surface area contributed by atoms with Crippen molar-refractivity contribution < 1.29 is 0 Å². The highest BCUT2D eigenvalue weighted by Crippen LogP contribution is 2.32. The van der Waals surface area contributed by atoms with Gasteiger partial charge >= 0.3 is 0 Å². The van der Waals surface area contributed by atoms with Gasteiger partial charge < -0.3 is 10.2 Å². The fraction of sp³-hybridized carbons (Fsp3) is 0.538. The molecular weight excluding hydrogens is 220 g/mol. The van der Waals surface area contributed by atoms with Gasteiger partial charge in [0.25, 0.3) is 0 Å². The molecule has 0 saturated heterocycles. The maximum atomic E-state index is 6.02. The van der Waals surface area contributed by atoms with Crippen molar-refractivity contribution in [2.75, 3.05) is 25.5 Å². The van der Waals surface area contributed by atoms with Crippen molar-refractivity contribution in [1.82, 2.24) is 5.32 Å². The van der Waals surface area contributed by atoms with Crippen LogP contribution >= 0.6 is 11.6 Å². The minimum absolute atomic E-state index is 0.654. The summed E-state index contributed by atoms with van der Waals surface area (Å²) in [6, 6.07) is 6.88. The molecule has 0 fully saturated rings. The van der Waals surface area contributed by atoms with Crippen LogP contribution in [0.25, 0.3) is 0 Å². The summed E-state index contributed by atoms with van der Waals surface area (Å²) in [5.74, 6) is 0. The van der Waals surface area contributed by atoms with Gasteiger partial charge in [0.15, 0.2) is 0 Å². The Balaban J connectivity index is 2.15. The SMILES string of the molecule is CNCCC1CCc2cc(Cl)ccc2N1C. The van der Waals surface area contributed by atoms with E-state index in [0.717, 1.165) is 18.0 Å². The Hall–Kier alpha value is -0.730. The lowest BCUT2D eigenvalue weighted by atomic mass is 9.94. The summed E-state index contributed by atoms with van der Waals surface area (Å²) in [6.07, 6.45) is 3.58. The van der Waals surface area contributed by atoms with Crippen LogP contribution in [0.2, 0.25) is 5.02 Å². The number of benzene rings is 1. The summed E-state index contributed by atoms with van der Waals surface area (Å²) in [6.45, 7) is 1.08. The maximum Gasteiger partial charge on any atom is 0.0410 e. The van der Waals surface area contributed by atoms with Crippen LogP contribution in [-0.4, -0.2) is 26.7 Å². The summed E-state index contributed by atoms with van der Waals surface area (Å²) in [4.78, 5) is 2.40. The van der Waals surface area contributed by atoms with Gasteiger partial charge in [0.05, 0.1) is 0 Å². The molecule has 1 aromatic rings. The number of rotatable bonds is 3. The minimum Gasteiger partial charge on any atom is -0.371 e. The third kappa shape index (κ3) is 2.33. The molecule has 2 rings (SSSR count). The molecule has 0 aliphatic carbocycles. The Morgan fingerprint density at radius 1 is 1.50 bits per heavy atom. The number of halogens is 1. The first kappa shape index (κ1) is 11.7. The molecule has 16 heavy (non-hydrogen) atoms. The van der Waals surface area contributed by atoms with E-state index in [1.54, 1.807) is 0 Å². The number of fused-ring (bicyclic) bond motifs is 1. The smallest absolute Gasteiger partial charge is 0.0410 e. The third-order valence-electron chi connectivity index (χ3n) is 3.44. The maximum absolute atomic E-state index is 6.02. The van der Waals surface area contributed by atoms with Crippen LogP contribution in [0, 0.1) is 0 Å². The van der Waals surface area contributed by atoms with Crippen molar-refractivity contribution >= 4 is 17.3 Å². The van der Waals surface area contributed by atoms with E-state index in [-0.39, 0.29) is 0 Å². The van der Waals surface area contributed by atoms with Crippen molar-refractivity contribution in [2.45, 2.75) is 25.3 Å². The van der Waals surface area contributed by atoms with E-state index in [2.05, 4.69) is 29.4 Å². The van der Waals surface area contributed by atoms with Crippen molar-refractivity contribution in [3.05, 3.63) is 28.8 Å². The van der Waals surface area contributed by atoms with Crippen LogP contribution in [0.5, 0.6) is 0 Å². The number of anilines is 1. The molecular formula is C13H19ClN2. The van der Waals surface area contributed by atoms with E-state index < -0.39 is 0 Å². The number of hydrogen-bond acceptors (Lipinski definition) is 2. The first-order valence-electron chi connectivity index (χ1n) is 5.88.